The third-order valence-corrected chi connectivity index (χ3v) is 6.80. The second-order valence-electron chi connectivity index (χ2n) is 8.18. The minimum absolute atomic E-state index is 0.0911. The highest BCUT2D eigenvalue weighted by molar-refractivity contribution is 7.99. The minimum Gasteiger partial charge on any atom is -0.496 e. The number of amides is 1. The lowest BCUT2D eigenvalue weighted by molar-refractivity contribution is -0.119. The average Bonchev–Trinajstić information content (AvgIpc) is 2.91. The summed E-state index contributed by atoms with van der Waals surface area (Å²) in [7, 11) is 1.67. The van der Waals surface area contributed by atoms with E-state index < -0.39 is 0 Å². The molecular weight excluding hydrogens is 408 g/mol. The van der Waals surface area contributed by atoms with Gasteiger partial charge < -0.3 is 10.1 Å². The molecule has 0 atom stereocenters. The van der Waals surface area contributed by atoms with Gasteiger partial charge >= 0.3 is 0 Å². The summed E-state index contributed by atoms with van der Waals surface area (Å²) in [5.41, 5.74) is 4.50. The van der Waals surface area contributed by atoms with Gasteiger partial charge in [-0.05, 0) is 38.8 Å². The standard InChI is InChI=1S/C24H30N4O2S/c1-16-14-22(31-15-21(29)26-18-10-6-4-5-7-11-18)28-24(25-16)23(17(2)27-28)19-12-8-9-13-20(19)30-3/h8-9,12-14,18H,4-7,10-11,15H2,1-3H3,(H,26,29). The van der Waals surface area contributed by atoms with Crippen molar-refractivity contribution in [1.29, 1.82) is 0 Å². The molecule has 4 rings (SSSR count). The summed E-state index contributed by atoms with van der Waals surface area (Å²) in [5.74, 6) is 1.26. The number of ether oxygens (including phenoxy) is 1. The van der Waals surface area contributed by atoms with Crippen LogP contribution in [0.3, 0.4) is 0 Å². The van der Waals surface area contributed by atoms with E-state index in [1.807, 2.05) is 48.7 Å². The fourth-order valence-electron chi connectivity index (χ4n) is 4.31. The molecule has 2 heterocycles. The van der Waals surface area contributed by atoms with Crippen LogP contribution in [0.15, 0.2) is 35.4 Å². The monoisotopic (exact) mass is 438 g/mol. The molecule has 0 bridgehead atoms. The van der Waals surface area contributed by atoms with Crippen molar-refractivity contribution in [1.82, 2.24) is 19.9 Å². The van der Waals surface area contributed by atoms with Gasteiger partial charge in [0, 0.05) is 17.3 Å². The normalized spacial score (nSPS) is 15.1. The number of methoxy groups -OCH3 is 1. The number of carbonyl (C=O) groups is 1. The summed E-state index contributed by atoms with van der Waals surface area (Å²) in [6, 6.07) is 10.2. The molecule has 1 saturated carbocycles. The van der Waals surface area contributed by atoms with Crippen molar-refractivity contribution in [3.63, 3.8) is 0 Å². The van der Waals surface area contributed by atoms with Crippen LogP contribution in [0, 0.1) is 13.8 Å². The van der Waals surface area contributed by atoms with Crippen LogP contribution in [0.4, 0.5) is 0 Å². The Morgan fingerprint density at radius 2 is 1.94 bits per heavy atom. The Hall–Kier alpha value is -2.54. The van der Waals surface area contributed by atoms with Crippen LogP contribution in [-0.2, 0) is 4.79 Å². The second kappa shape index (κ2) is 9.73. The van der Waals surface area contributed by atoms with Gasteiger partial charge in [-0.25, -0.2) is 9.50 Å². The molecule has 1 N–H and O–H groups in total. The predicted molar refractivity (Wildman–Crippen MR) is 125 cm³/mol. The molecule has 1 fully saturated rings. The first kappa shape index (κ1) is 21.7. The number of nitrogens with one attached hydrogen (secondary N) is 1. The van der Waals surface area contributed by atoms with Gasteiger partial charge in [0.15, 0.2) is 5.65 Å². The fourth-order valence-corrected chi connectivity index (χ4v) is 5.18. The highest BCUT2D eigenvalue weighted by Crippen LogP contribution is 2.35. The molecule has 2 aromatic heterocycles. The van der Waals surface area contributed by atoms with Gasteiger partial charge in [0.1, 0.15) is 10.8 Å². The molecule has 1 aromatic carbocycles. The zero-order valence-corrected chi connectivity index (χ0v) is 19.3. The number of hydrogen-bond acceptors (Lipinski definition) is 5. The highest BCUT2D eigenvalue weighted by Gasteiger charge is 2.20. The number of carbonyl (C=O) groups excluding carboxylic acids is 1. The van der Waals surface area contributed by atoms with Crippen LogP contribution in [0.1, 0.15) is 49.9 Å². The molecule has 0 saturated heterocycles. The smallest absolute Gasteiger partial charge is 0.230 e. The third-order valence-electron chi connectivity index (χ3n) is 5.81. The minimum atomic E-state index is 0.0911. The molecule has 0 radical (unpaired) electrons. The number of aromatic nitrogens is 3. The fraction of sp³-hybridized carbons (Fsp3) is 0.458. The molecule has 31 heavy (non-hydrogen) atoms. The van der Waals surface area contributed by atoms with Crippen molar-refractivity contribution in [2.75, 3.05) is 12.9 Å². The molecule has 6 nitrogen and oxygen atoms in total. The molecule has 7 heteroatoms. The van der Waals surface area contributed by atoms with Crippen molar-refractivity contribution < 1.29 is 9.53 Å². The van der Waals surface area contributed by atoms with Crippen LogP contribution in [0.5, 0.6) is 5.75 Å². The lowest BCUT2D eigenvalue weighted by atomic mass is 10.1. The quantitative estimate of drug-likeness (QED) is 0.335. The second-order valence-corrected chi connectivity index (χ2v) is 9.17. The summed E-state index contributed by atoms with van der Waals surface area (Å²) in [5, 5.41) is 8.90. The lowest BCUT2D eigenvalue weighted by Gasteiger charge is -2.16. The number of hydrogen-bond donors (Lipinski definition) is 1. The van der Waals surface area contributed by atoms with E-state index in [2.05, 4.69) is 5.32 Å². The Morgan fingerprint density at radius 3 is 2.68 bits per heavy atom. The van der Waals surface area contributed by atoms with Crippen LogP contribution >= 0.6 is 11.8 Å². The first-order valence-electron chi connectivity index (χ1n) is 11.0. The Morgan fingerprint density at radius 1 is 1.19 bits per heavy atom. The average molecular weight is 439 g/mol. The molecule has 0 spiro atoms. The Balaban J connectivity index is 1.58. The summed E-state index contributed by atoms with van der Waals surface area (Å²) < 4.78 is 7.43. The van der Waals surface area contributed by atoms with E-state index in [9.17, 15) is 4.79 Å². The van der Waals surface area contributed by atoms with Crippen molar-refractivity contribution in [2.45, 2.75) is 63.4 Å². The molecule has 0 unspecified atom stereocenters. The zero-order chi connectivity index (χ0) is 21.8. The van der Waals surface area contributed by atoms with E-state index in [1.54, 1.807) is 7.11 Å². The van der Waals surface area contributed by atoms with Crippen LogP contribution in [-0.4, -0.2) is 39.4 Å². The first-order chi connectivity index (χ1) is 15.1. The SMILES string of the molecule is COc1ccccc1-c1c(C)nn2c(SCC(=O)NC3CCCCCC3)cc(C)nc12. The van der Waals surface area contributed by atoms with Gasteiger partial charge in [-0.2, -0.15) is 5.10 Å². The number of para-hydroxylation sites is 1. The van der Waals surface area contributed by atoms with E-state index in [0.717, 1.165) is 51.8 Å². The molecule has 1 aliphatic rings. The van der Waals surface area contributed by atoms with Gasteiger partial charge in [0.2, 0.25) is 5.91 Å². The Kier molecular flexibility index (Phi) is 6.80. The van der Waals surface area contributed by atoms with Gasteiger partial charge in [-0.15, -0.1) is 0 Å². The Bertz CT molecular complexity index is 1070. The van der Waals surface area contributed by atoms with Crippen molar-refractivity contribution in [3.8, 4) is 16.9 Å². The maximum Gasteiger partial charge on any atom is 0.230 e. The molecule has 1 amide bonds. The van der Waals surface area contributed by atoms with E-state index in [1.165, 1.54) is 37.4 Å². The maximum atomic E-state index is 12.6. The topological polar surface area (TPSA) is 68.5 Å². The van der Waals surface area contributed by atoms with Gasteiger partial charge in [0.05, 0.1) is 24.1 Å². The first-order valence-corrected chi connectivity index (χ1v) is 12.0. The van der Waals surface area contributed by atoms with Crippen molar-refractivity contribution >= 4 is 23.3 Å². The maximum absolute atomic E-state index is 12.6. The number of benzene rings is 1. The largest absolute Gasteiger partial charge is 0.496 e. The molecule has 164 valence electrons. The van der Waals surface area contributed by atoms with Gasteiger partial charge in [-0.3, -0.25) is 4.79 Å². The summed E-state index contributed by atoms with van der Waals surface area (Å²) in [4.78, 5) is 17.4. The predicted octanol–water partition coefficient (Wildman–Crippen LogP) is 4.95. The van der Waals surface area contributed by atoms with Gasteiger partial charge in [-0.1, -0.05) is 55.6 Å². The molecule has 3 aromatic rings. The van der Waals surface area contributed by atoms with E-state index >= 15 is 0 Å². The van der Waals surface area contributed by atoms with E-state index in [0.29, 0.717) is 11.8 Å². The number of fused-ring (bicyclic) bond motifs is 1. The highest BCUT2D eigenvalue weighted by atomic mass is 32.2. The number of aryl methyl sites for hydroxylation is 2. The van der Waals surface area contributed by atoms with Crippen molar-refractivity contribution in [2.24, 2.45) is 0 Å². The van der Waals surface area contributed by atoms with Crippen molar-refractivity contribution in [3.05, 3.63) is 41.7 Å². The van der Waals surface area contributed by atoms with Crippen LogP contribution in [0.2, 0.25) is 0 Å². The van der Waals surface area contributed by atoms with E-state index in [4.69, 9.17) is 14.8 Å². The Labute approximate surface area is 187 Å². The summed E-state index contributed by atoms with van der Waals surface area (Å²) in [6.45, 7) is 3.96. The van der Waals surface area contributed by atoms with Gasteiger partial charge in [0.25, 0.3) is 0 Å². The van der Waals surface area contributed by atoms with Crippen LogP contribution < -0.4 is 10.1 Å². The summed E-state index contributed by atoms with van der Waals surface area (Å²) in [6.07, 6.45) is 7.16. The van der Waals surface area contributed by atoms with E-state index in [-0.39, 0.29) is 5.91 Å². The lowest BCUT2D eigenvalue weighted by Crippen LogP contribution is -2.35. The number of nitrogens with zero attached hydrogens (tertiary/aromatic N) is 3. The zero-order valence-electron chi connectivity index (χ0n) is 18.5. The number of thioether (sulfide) groups is 1. The van der Waals surface area contributed by atoms with Crippen LogP contribution in [0.25, 0.3) is 16.8 Å². The summed E-state index contributed by atoms with van der Waals surface area (Å²) >= 11 is 1.51. The molecule has 1 aliphatic carbocycles. The molecular formula is C24H30N4O2S. The molecule has 0 aliphatic heterocycles. The number of rotatable bonds is 6. The third kappa shape index (κ3) is 4.87.